The SMILES string of the molecule is CCCC(=O)CCC(N)C(=O)OCC.O=C([O-])C(F)(F)F. The summed E-state index contributed by atoms with van der Waals surface area (Å²) in [5.74, 6) is -3.27. The second kappa shape index (κ2) is 11.1. The van der Waals surface area contributed by atoms with Gasteiger partial charge in [0.2, 0.25) is 0 Å². The lowest BCUT2D eigenvalue weighted by atomic mass is 10.1. The lowest BCUT2D eigenvalue weighted by Gasteiger charge is -2.09. The van der Waals surface area contributed by atoms with Gasteiger partial charge in [-0.05, 0) is 19.8 Å². The van der Waals surface area contributed by atoms with Gasteiger partial charge in [0, 0.05) is 12.8 Å². The fourth-order valence-corrected chi connectivity index (χ4v) is 1.09. The summed E-state index contributed by atoms with van der Waals surface area (Å²) in [5, 5.41) is 8.78. The van der Waals surface area contributed by atoms with Gasteiger partial charge in [-0.1, -0.05) is 6.92 Å². The third-order valence-electron chi connectivity index (χ3n) is 2.08. The first-order valence-electron chi connectivity index (χ1n) is 6.28. The van der Waals surface area contributed by atoms with Gasteiger partial charge in [0.1, 0.15) is 17.8 Å². The molecule has 9 heteroatoms. The van der Waals surface area contributed by atoms with Crippen molar-refractivity contribution >= 4 is 17.7 Å². The molecule has 0 aromatic carbocycles. The number of carboxylic acids is 1. The van der Waals surface area contributed by atoms with Gasteiger partial charge in [0.05, 0.1) is 6.61 Å². The van der Waals surface area contributed by atoms with Crippen molar-refractivity contribution in [3.05, 3.63) is 0 Å². The highest BCUT2D eigenvalue weighted by Gasteiger charge is 2.28. The van der Waals surface area contributed by atoms with E-state index in [1.807, 2.05) is 6.92 Å². The van der Waals surface area contributed by atoms with Gasteiger partial charge in [-0.3, -0.25) is 9.59 Å². The minimum absolute atomic E-state index is 0.159. The number of carbonyl (C=O) groups is 3. The van der Waals surface area contributed by atoms with Crippen molar-refractivity contribution in [1.82, 2.24) is 0 Å². The Labute approximate surface area is 120 Å². The maximum absolute atomic E-state index is 11.1. The van der Waals surface area contributed by atoms with Crippen LogP contribution < -0.4 is 10.8 Å². The third kappa shape index (κ3) is 13.1. The number of halogens is 3. The van der Waals surface area contributed by atoms with Gasteiger partial charge in [0.25, 0.3) is 0 Å². The minimum Gasteiger partial charge on any atom is -0.542 e. The first kappa shape index (κ1) is 21.7. The number of carboxylic acid groups (broad SMARTS) is 1. The van der Waals surface area contributed by atoms with Gasteiger partial charge in [0.15, 0.2) is 0 Å². The maximum atomic E-state index is 11.1. The molecule has 0 rings (SSSR count). The molecule has 0 saturated heterocycles. The lowest BCUT2D eigenvalue weighted by Crippen LogP contribution is -2.37. The molecular weight excluding hydrogens is 295 g/mol. The van der Waals surface area contributed by atoms with Crippen LogP contribution in [0.4, 0.5) is 13.2 Å². The second-order valence-electron chi connectivity index (χ2n) is 3.97. The molecular formula is C12H19F3NO5-. The molecule has 0 fully saturated rings. The van der Waals surface area contributed by atoms with E-state index in [0.717, 1.165) is 6.42 Å². The Balaban J connectivity index is 0. The van der Waals surface area contributed by atoms with E-state index in [9.17, 15) is 22.8 Å². The molecule has 0 aromatic heterocycles. The molecule has 0 saturated carbocycles. The van der Waals surface area contributed by atoms with Crippen LogP contribution in [0, 0.1) is 0 Å². The van der Waals surface area contributed by atoms with Crippen molar-refractivity contribution in [2.75, 3.05) is 6.61 Å². The van der Waals surface area contributed by atoms with Crippen LogP contribution in [0.3, 0.4) is 0 Å². The predicted octanol–water partition coefficient (Wildman–Crippen LogP) is 0.325. The second-order valence-corrected chi connectivity index (χ2v) is 3.97. The first-order valence-corrected chi connectivity index (χ1v) is 6.28. The van der Waals surface area contributed by atoms with Crippen LogP contribution in [0.2, 0.25) is 0 Å². The van der Waals surface area contributed by atoms with Gasteiger partial charge in [-0.2, -0.15) is 13.2 Å². The van der Waals surface area contributed by atoms with Crippen molar-refractivity contribution < 1.29 is 37.4 Å². The van der Waals surface area contributed by atoms with Crippen LogP contribution in [0.25, 0.3) is 0 Å². The van der Waals surface area contributed by atoms with Gasteiger partial charge in [-0.25, -0.2) is 0 Å². The van der Waals surface area contributed by atoms with Crippen molar-refractivity contribution in [3.8, 4) is 0 Å². The zero-order valence-corrected chi connectivity index (χ0v) is 11.9. The highest BCUT2D eigenvalue weighted by molar-refractivity contribution is 5.80. The van der Waals surface area contributed by atoms with E-state index in [1.165, 1.54) is 0 Å². The van der Waals surface area contributed by atoms with Gasteiger partial charge >= 0.3 is 12.1 Å². The molecule has 0 heterocycles. The summed E-state index contributed by atoms with van der Waals surface area (Å²) in [4.78, 5) is 31.0. The smallest absolute Gasteiger partial charge is 0.430 e. The number of alkyl halides is 3. The number of ether oxygens (including phenoxy) is 1. The zero-order valence-electron chi connectivity index (χ0n) is 11.9. The largest absolute Gasteiger partial charge is 0.542 e. The number of aliphatic carboxylic acids is 1. The van der Waals surface area contributed by atoms with Gasteiger partial charge < -0.3 is 20.4 Å². The Hall–Kier alpha value is -1.64. The number of ketones is 1. The van der Waals surface area contributed by atoms with Crippen LogP contribution >= 0.6 is 0 Å². The van der Waals surface area contributed by atoms with E-state index in [4.69, 9.17) is 20.4 Å². The monoisotopic (exact) mass is 314 g/mol. The highest BCUT2D eigenvalue weighted by Crippen LogP contribution is 2.11. The van der Waals surface area contributed by atoms with E-state index >= 15 is 0 Å². The molecule has 0 aromatic rings. The average molecular weight is 314 g/mol. The van der Waals surface area contributed by atoms with Crippen LogP contribution in [-0.4, -0.2) is 36.5 Å². The van der Waals surface area contributed by atoms with Crippen LogP contribution in [0.5, 0.6) is 0 Å². The molecule has 1 unspecified atom stereocenters. The number of Topliss-reactive ketones (excluding diaryl/α,β-unsaturated/α-hetero) is 1. The fourth-order valence-electron chi connectivity index (χ4n) is 1.09. The van der Waals surface area contributed by atoms with E-state index in [2.05, 4.69) is 0 Å². The topological polar surface area (TPSA) is 110 Å². The molecule has 2 N–H and O–H groups in total. The lowest BCUT2D eigenvalue weighted by molar-refractivity contribution is -0.344. The Bertz CT molecular complexity index is 344. The van der Waals surface area contributed by atoms with E-state index in [0.29, 0.717) is 25.9 Å². The molecule has 6 nitrogen and oxygen atoms in total. The van der Waals surface area contributed by atoms with Crippen molar-refractivity contribution in [1.29, 1.82) is 0 Å². The molecule has 0 aliphatic rings. The number of hydrogen-bond acceptors (Lipinski definition) is 6. The average Bonchev–Trinajstić information content (AvgIpc) is 2.36. The van der Waals surface area contributed by atoms with Crippen LogP contribution in [0.1, 0.15) is 39.5 Å². The summed E-state index contributed by atoms with van der Waals surface area (Å²) in [5.41, 5.74) is 5.52. The Morgan fingerprint density at radius 3 is 2.00 bits per heavy atom. The standard InChI is InChI=1S/C10H19NO3.C2HF3O2/c1-3-5-8(12)6-7-9(11)10(13)14-4-2;3-2(4,5)1(6)7/h9H,3-7,11H2,1-2H3;(H,6,7)/p-1. The Morgan fingerprint density at radius 2 is 1.67 bits per heavy atom. The summed E-state index contributed by atoms with van der Waals surface area (Å²) in [6, 6.07) is -0.657. The van der Waals surface area contributed by atoms with Gasteiger partial charge in [-0.15, -0.1) is 0 Å². The van der Waals surface area contributed by atoms with Crippen LogP contribution in [0.15, 0.2) is 0 Å². The van der Waals surface area contributed by atoms with Crippen molar-refractivity contribution in [2.24, 2.45) is 5.73 Å². The zero-order chi connectivity index (χ0) is 17.1. The molecule has 124 valence electrons. The maximum Gasteiger partial charge on any atom is 0.430 e. The molecule has 0 amide bonds. The summed E-state index contributed by atoms with van der Waals surface area (Å²) in [7, 11) is 0. The van der Waals surface area contributed by atoms with Crippen LogP contribution in [-0.2, 0) is 19.1 Å². The molecule has 1 atom stereocenters. The summed E-state index contributed by atoms with van der Waals surface area (Å²) >= 11 is 0. The summed E-state index contributed by atoms with van der Waals surface area (Å²) < 4.78 is 36.3. The number of rotatable bonds is 7. The molecule has 21 heavy (non-hydrogen) atoms. The predicted molar refractivity (Wildman–Crippen MR) is 64.8 cm³/mol. The number of esters is 1. The van der Waals surface area contributed by atoms with E-state index < -0.39 is 24.2 Å². The van der Waals surface area contributed by atoms with E-state index in [1.54, 1.807) is 6.92 Å². The summed E-state index contributed by atoms with van der Waals surface area (Å²) in [6.45, 7) is 4.01. The molecule has 0 radical (unpaired) electrons. The van der Waals surface area contributed by atoms with Crippen molar-refractivity contribution in [2.45, 2.75) is 51.7 Å². The van der Waals surface area contributed by atoms with Crippen molar-refractivity contribution in [3.63, 3.8) is 0 Å². The Morgan fingerprint density at radius 1 is 1.19 bits per heavy atom. The molecule has 0 spiro atoms. The molecule has 0 aliphatic heterocycles. The minimum atomic E-state index is -5.19. The Kier molecular flexibility index (Phi) is 11.4. The number of hydrogen-bond donors (Lipinski definition) is 1. The summed E-state index contributed by atoms with van der Waals surface area (Å²) in [6.07, 6.45) is -3.03. The number of nitrogens with two attached hydrogens (primary N) is 1. The van der Waals surface area contributed by atoms with E-state index in [-0.39, 0.29) is 5.78 Å². The molecule has 0 bridgehead atoms. The fraction of sp³-hybridized carbons (Fsp3) is 0.750. The highest BCUT2D eigenvalue weighted by atomic mass is 19.4. The third-order valence-corrected chi connectivity index (χ3v) is 2.08. The quantitative estimate of drug-likeness (QED) is 0.678. The normalized spacial score (nSPS) is 11.9. The molecule has 0 aliphatic carbocycles. The first-order chi connectivity index (χ1) is 9.56. The number of carbonyl (C=O) groups excluding carboxylic acids is 3.